The van der Waals surface area contributed by atoms with Crippen molar-refractivity contribution in [3.63, 3.8) is 0 Å². The second-order valence-corrected chi connectivity index (χ2v) is 8.97. The monoisotopic (exact) mass is 358 g/mol. The lowest BCUT2D eigenvalue weighted by atomic mass is 10.1. The molecule has 0 aliphatic rings. The van der Waals surface area contributed by atoms with Crippen LogP contribution < -0.4 is 0 Å². The number of hydrogen-bond donors (Lipinski definition) is 1. The largest absolute Gasteiger partial charge is 0.500 e. The molecule has 23 heavy (non-hydrogen) atoms. The maximum atomic E-state index is 10.1. The van der Waals surface area contributed by atoms with Crippen molar-refractivity contribution in [2.45, 2.75) is 39.3 Å². The van der Waals surface area contributed by atoms with E-state index in [1.165, 1.54) is 0 Å². The quantitative estimate of drug-likeness (QED) is 0.428. The van der Waals surface area contributed by atoms with Crippen molar-refractivity contribution in [2.24, 2.45) is 0 Å². The van der Waals surface area contributed by atoms with Gasteiger partial charge in [-0.25, -0.2) is 0 Å². The predicted molar refractivity (Wildman–Crippen MR) is 98.8 cm³/mol. The molecule has 0 heterocycles. The Bertz CT molecular complexity index is 388. The lowest BCUT2D eigenvalue weighted by molar-refractivity contribution is 0.0712. The molecule has 0 unspecified atom stereocenters. The average molecular weight is 359 g/mol. The molecule has 1 aromatic carbocycles. The molecule has 0 aromatic heterocycles. The minimum Gasteiger partial charge on any atom is -0.388 e. The summed E-state index contributed by atoms with van der Waals surface area (Å²) in [6, 6.07) is 10.6. The molecular weight excluding hydrogens is 328 g/mol. The summed E-state index contributed by atoms with van der Waals surface area (Å²) in [5, 5.41) is 10.1. The Kier molecular flexibility index (Phi) is 10.8. The van der Waals surface area contributed by atoms with E-state index in [-0.39, 0.29) is 0 Å². The molecule has 0 saturated carbocycles. The summed E-state index contributed by atoms with van der Waals surface area (Å²) in [6.45, 7) is 7.78. The van der Waals surface area contributed by atoms with Gasteiger partial charge in [-0.2, -0.15) is 11.8 Å². The maximum Gasteiger partial charge on any atom is 0.500 e. The van der Waals surface area contributed by atoms with Crippen LogP contribution in [0.1, 0.15) is 38.9 Å². The highest BCUT2D eigenvalue weighted by Crippen LogP contribution is 2.22. The van der Waals surface area contributed by atoms with E-state index in [1.807, 2.05) is 51.1 Å². The van der Waals surface area contributed by atoms with Crippen LogP contribution in [0.3, 0.4) is 0 Å². The molecule has 0 fully saturated rings. The van der Waals surface area contributed by atoms with Gasteiger partial charge in [0, 0.05) is 31.6 Å². The summed E-state index contributed by atoms with van der Waals surface area (Å²) in [5.41, 5.74) is 0.974. The number of thioether (sulfide) groups is 1. The third-order valence-corrected chi connectivity index (χ3v) is 7.60. The van der Waals surface area contributed by atoms with Crippen LogP contribution in [0.5, 0.6) is 0 Å². The molecule has 0 radical (unpaired) electrons. The van der Waals surface area contributed by atoms with E-state index in [4.69, 9.17) is 13.3 Å². The first-order valence-electron chi connectivity index (χ1n) is 8.40. The second-order valence-electron chi connectivity index (χ2n) is 5.09. The summed E-state index contributed by atoms with van der Waals surface area (Å²) in [7, 11) is -2.51. The molecule has 0 saturated heterocycles. The molecule has 1 rings (SSSR count). The molecule has 1 N–H and O–H groups in total. The van der Waals surface area contributed by atoms with Crippen LogP contribution in [0.25, 0.3) is 0 Å². The van der Waals surface area contributed by atoms with Gasteiger partial charge in [0.05, 0.1) is 6.10 Å². The second kappa shape index (κ2) is 12.1. The maximum absolute atomic E-state index is 10.1. The normalized spacial score (nSPS) is 13.2. The van der Waals surface area contributed by atoms with Crippen LogP contribution in [-0.4, -0.2) is 45.2 Å². The molecule has 0 aliphatic carbocycles. The SMILES string of the molecule is CCO[Si](CCCSC[C@@H](O)c1ccccc1)(OCC)OCC. The molecule has 0 aliphatic heterocycles. The van der Waals surface area contributed by atoms with Crippen molar-refractivity contribution in [1.29, 1.82) is 0 Å². The van der Waals surface area contributed by atoms with Gasteiger partial charge in [0.15, 0.2) is 0 Å². The third kappa shape index (κ3) is 7.83. The van der Waals surface area contributed by atoms with Crippen molar-refractivity contribution in [3.05, 3.63) is 35.9 Å². The fourth-order valence-electron chi connectivity index (χ4n) is 2.36. The Labute approximate surface area is 145 Å². The standard InChI is InChI=1S/C17H30O4SSi/c1-4-19-23(20-5-2,21-6-3)14-10-13-22-15-17(18)16-11-8-7-9-12-16/h7-9,11-12,17-18H,4-6,10,13-15H2,1-3H3/t17-/m1/s1. The van der Waals surface area contributed by atoms with Crippen LogP contribution in [0.15, 0.2) is 30.3 Å². The molecule has 1 atom stereocenters. The molecule has 132 valence electrons. The van der Waals surface area contributed by atoms with E-state index in [0.29, 0.717) is 25.6 Å². The molecular formula is C17H30O4SSi. The zero-order chi connectivity index (χ0) is 17.0. The van der Waals surface area contributed by atoms with Crippen LogP contribution in [-0.2, 0) is 13.3 Å². The number of aliphatic hydroxyl groups excluding tert-OH is 1. The van der Waals surface area contributed by atoms with Gasteiger partial charge in [-0.15, -0.1) is 0 Å². The summed E-state index contributed by atoms with van der Waals surface area (Å²) >= 11 is 1.76. The average Bonchev–Trinajstić information content (AvgIpc) is 2.56. The van der Waals surface area contributed by atoms with Crippen LogP contribution >= 0.6 is 11.8 Å². The van der Waals surface area contributed by atoms with E-state index >= 15 is 0 Å². The highest BCUT2D eigenvalue weighted by atomic mass is 32.2. The Morgan fingerprint density at radius 2 is 1.57 bits per heavy atom. The van der Waals surface area contributed by atoms with Gasteiger partial charge < -0.3 is 18.4 Å². The van der Waals surface area contributed by atoms with Gasteiger partial charge in [-0.1, -0.05) is 30.3 Å². The Balaban J connectivity index is 2.33. The number of aliphatic hydroxyl groups is 1. The first kappa shape index (κ1) is 20.7. The number of hydrogen-bond acceptors (Lipinski definition) is 5. The van der Waals surface area contributed by atoms with Crippen LogP contribution in [0, 0.1) is 0 Å². The fourth-order valence-corrected chi connectivity index (χ4v) is 6.16. The minimum atomic E-state index is -2.51. The zero-order valence-corrected chi connectivity index (χ0v) is 16.3. The lowest BCUT2D eigenvalue weighted by Crippen LogP contribution is -2.46. The fraction of sp³-hybridized carbons (Fsp3) is 0.647. The Morgan fingerprint density at radius 3 is 2.09 bits per heavy atom. The van der Waals surface area contributed by atoms with Gasteiger partial charge in [0.1, 0.15) is 0 Å². The van der Waals surface area contributed by atoms with Crippen molar-refractivity contribution in [2.75, 3.05) is 31.3 Å². The minimum absolute atomic E-state index is 0.408. The topological polar surface area (TPSA) is 47.9 Å². The first-order chi connectivity index (χ1) is 11.2. The lowest BCUT2D eigenvalue weighted by Gasteiger charge is -2.28. The molecule has 0 spiro atoms. The summed E-state index contributed by atoms with van der Waals surface area (Å²) in [6.07, 6.45) is 0.562. The highest BCUT2D eigenvalue weighted by molar-refractivity contribution is 7.99. The molecule has 1 aromatic rings. The van der Waals surface area contributed by atoms with E-state index in [0.717, 1.165) is 23.8 Å². The summed E-state index contributed by atoms with van der Waals surface area (Å²) < 4.78 is 17.5. The number of rotatable bonds is 13. The van der Waals surface area contributed by atoms with Crippen LogP contribution in [0.4, 0.5) is 0 Å². The zero-order valence-electron chi connectivity index (χ0n) is 14.5. The van der Waals surface area contributed by atoms with Crippen molar-refractivity contribution in [3.8, 4) is 0 Å². The molecule has 6 heteroatoms. The third-order valence-electron chi connectivity index (χ3n) is 3.32. The molecule has 0 bridgehead atoms. The van der Waals surface area contributed by atoms with Gasteiger partial charge >= 0.3 is 8.80 Å². The van der Waals surface area contributed by atoms with Crippen molar-refractivity contribution < 1.29 is 18.4 Å². The smallest absolute Gasteiger partial charge is 0.388 e. The molecule has 0 amide bonds. The first-order valence-corrected chi connectivity index (χ1v) is 11.5. The summed E-state index contributed by atoms with van der Waals surface area (Å²) in [5.74, 6) is 1.67. The van der Waals surface area contributed by atoms with Crippen molar-refractivity contribution >= 4 is 20.6 Å². The number of benzene rings is 1. The van der Waals surface area contributed by atoms with Crippen molar-refractivity contribution in [1.82, 2.24) is 0 Å². The van der Waals surface area contributed by atoms with Gasteiger partial charge in [-0.3, -0.25) is 0 Å². The van der Waals surface area contributed by atoms with Crippen LogP contribution in [0.2, 0.25) is 6.04 Å². The predicted octanol–water partition coefficient (Wildman–Crippen LogP) is 3.89. The Hall–Kier alpha value is -0.373. The van der Waals surface area contributed by atoms with Gasteiger partial charge in [-0.05, 0) is 38.5 Å². The Morgan fingerprint density at radius 1 is 1.00 bits per heavy atom. The summed E-state index contributed by atoms with van der Waals surface area (Å²) in [4.78, 5) is 0. The molecule has 4 nitrogen and oxygen atoms in total. The van der Waals surface area contributed by atoms with E-state index in [2.05, 4.69) is 0 Å². The van der Waals surface area contributed by atoms with E-state index in [1.54, 1.807) is 11.8 Å². The van der Waals surface area contributed by atoms with E-state index in [9.17, 15) is 5.11 Å². The van der Waals surface area contributed by atoms with Gasteiger partial charge in [0.25, 0.3) is 0 Å². The van der Waals surface area contributed by atoms with E-state index < -0.39 is 14.9 Å². The van der Waals surface area contributed by atoms with Gasteiger partial charge in [0.2, 0.25) is 0 Å². The highest BCUT2D eigenvalue weighted by Gasteiger charge is 2.39.